The highest BCUT2D eigenvalue weighted by Crippen LogP contribution is 2.45. The Hall–Kier alpha value is -1.94. The van der Waals surface area contributed by atoms with Gasteiger partial charge in [0.05, 0.1) is 26.4 Å². The fourth-order valence-corrected chi connectivity index (χ4v) is 12.7. The maximum Gasteiger partial charge on any atom is 0.472 e. The van der Waals surface area contributed by atoms with Gasteiger partial charge in [0.15, 0.2) is 12.2 Å². The Bertz CT molecular complexity index is 1790. The lowest BCUT2D eigenvalue weighted by Gasteiger charge is -2.21. The molecule has 0 rings (SSSR count). The fourth-order valence-electron chi connectivity index (χ4n) is 11.1. The molecule has 0 bridgehead atoms. The van der Waals surface area contributed by atoms with E-state index in [0.717, 1.165) is 102 Å². The lowest BCUT2D eigenvalue weighted by atomic mass is 10.0. The van der Waals surface area contributed by atoms with Gasteiger partial charge in [0, 0.05) is 25.7 Å². The van der Waals surface area contributed by atoms with Crippen molar-refractivity contribution < 1.29 is 80.2 Å². The number of ether oxygens (including phenoxy) is 4. The third kappa shape index (κ3) is 66.7. The normalized spacial score (nSPS) is 14.1. The van der Waals surface area contributed by atoms with Crippen LogP contribution in [-0.2, 0) is 65.4 Å². The van der Waals surface area contributed by atoms with Gasteiger partial charge >= 0.3 is 39.5 Å². The molecule has 0 aliphatic rings. The first-order valence-electron chi connectivity index (χ1n) is 38.0. The molecule has 0 amide bonds. The second-order valence-corrected chi connectivity index (χ2v) is 30.2. The summed E-state index contributed by atoms with van der Waals surface area (Å²) in [5, 5.41) is 10.6. The Labute approximate surface area is 562 Å². The summed E-state index contributed by atoms with van der Waals surface area (Å²) in [6, 6.07) is 0. The first-order valence-corrected chi connectivity index (χ1v) is 41.0. The minimum absolute atomic E-state index is 0.105. The summed E-state index contributed by atoms with van der Waals surface area (Å²) in [7, 11) is -9.90. The minimum Gasteiger partial charge on any atom is -0.462 e. The van der Waals surface area contributed by atoms with Crippen LogP contribution in [0.25, 0.3) is 0 Å². The molecule has 546 valence electrons. The van der Waals surface area contributed by atoms with E-state index in [1.165, 1.54) is 193 Å². The van der Waals surface area contributed by atoms with E-state index < -0.39 is 97.5 Å². The minimum atomic E-state index is -4.95. The number of esters is 4. The van der Waals surface area contributed by atoms with E-state index in [9.17, 15) is 43.2 Å². The van der Waals surface area contributed by atoms with E-state index in [-0.39, 0.29) is 25.7 Å². The van der Waals surface area contributed by atoms with Gasteiger partial charge in [0.2, 0.25) is 0 Å². The van der Waals surface area contributed by atoms with E-state index >= 15 is 0 Å². The van der Waals surface area contributed by atoms with Gasteiger partial charge in [-0.3, -0.25) is 37.3 Å². The van der Waals surface area contributed by atoms with Gasteiger partial charge in [-0.05, 0) is 37.5 Å². The van der Waals surface area contributed by atoms with Crippen LogP contribution < -0.4 is 0 Å². The number of rotatable bonds is 72. The van der Waals surface area contributed by atoms with Gasteiger partial charge in [-0.1, -0.05) is 324 Å². The maximum atomic E-state index is 13.0. The summed E-state index contributed by atoms with van der Waals surface area (Å²) >= 11 is 0. The molecule has 0 aromatic heterocycles. The summed E-state index contributed by atoms with van der Waals surface area (Å²) in [5.41, 5.74) is 0. The van der Waals surface area contributed by atoms with Crippen LogP contribution in [0.15, 0.2) is 0 Å². The highest BCUT2D eigenvalue weighted by atomic mass is 31.2. The number of carbonyl (C=O) groups excluding carboxylic acids is 4. The first kappa shape index (κ1) is 90.1. The van der Waals surface area contributed by atoms with Crippen LogP contribution in [0.3, 0.4) is 0 Å². The molecule has 0 aliphatic carbocycles. The van der Waals surface area contributed by atoms with Crippen molar-refractivity contribution in [3.63, 3.8) is 0 Å². The Morgan fingerprint density at radius 3 is 0.739 bits per heavy atom. The van der Waals surface area contributed by atoms with Gasteiger partial charge in [-0.2, -0.15) is 0 Å². The molecule has 0 fully saturated rings. The molecule has 2 unspecified atom stereocenters. The molecule has 0 aromatic rings. The summed E-state index contributed by atoms with van der Waals surface area (Å²) < 4.78 is 68.3. The van der Waals surface area contributed by atoms with Crippen LogP contribution in [0.1, 0.15) is 375 Å². The largest absolute Gasteiger partial charge is 0.472 e. The lowest BCUT2D eigenvalue weighted by Crippen LogP contribution is -2.30. The number of aliphatic hydroxyl groups is 1. The summed E-state index contributed by atoms with van der Waals surface area (Å²) in [4.78, 5) is 72.6. The van der Waals surface area contributed by atoms with E-state index in [1.807, 2.05) is 0 Å². The van der Waals surface area contributed by atoms with Gasteiger partial charge in [-0.25, -0.2) is 9.13 Å². The van der Waals surface area contributed by atoms with E-state index in [1.54, 1.807) is 0 Å². The van der Waals surface area contributed by atoms with Crippen molar-refractivity contribution in [2.75, 3.05) is 39.6 Å². The zero-order valence-electron chi connectivity index (χ0n) is 59.9. The van der Waals surface area contributed by atoms with Crippen molar-refractivity contribution >= 4 is 39.5 Å². The van der Waals surface area contributed by atoms with Crippen LogP contribution in [0.5, 0.6) is 0 Å². The second kappa shape index (κ2) is 65.0. The second-order valence-electron chi connectivity index (χ2n) is 27.3. The van der Waals surface area contributed by atoms with Gasteiger partial charge < -0.3 is 33.8 Å². The van der Waals surface area contributed by atoms with E-state index in [4.69, 9.17) is 37.0 Å². The molecule has 0 spiro atoms. The van der Waals surface area contributed by atoms with Crippen molar-refractivity contribution in [2.45, 2.75) is 394 Å². The van der Waals surface area contributed by atoms with Crippen molar-refractivity contribution in [3.8, 4) is 0 Å². The molecule has 0 radical (unpaired) electrons. The van der Waals surface area contributed by atoms with Crippen LogP contribution in [0.4, 0.5) is 0 Å². The maximum absolute atomic E-state index is 13.0. The number of phosphoric acid groups is 2. The van der Waals surface area contributed by atoms with Crippen molar-refractivity contribution in [1.82, 2.24) is 0 Å². The lowest BCUT2D eigenvalue weighted by molar-refractivity contribution is -0.161. The monoisotopic (exact) mass is 1350 g/mol. The zero-order chi connectivity index (χ0) is 67.9. The fraction of sp³-hybridized carbons (Fsp3) is 0.945. The molecule has 0 aromatic carbocycles. The number of unbranched alkanes of at least 4 members (excludes halogenated alkanes) is 42. The number of carbonyl (C=O) groups is 4. The topological polar surface area (TPSA) is 237 Å². The highest BCUT2D eigenvalue weighted by molar-refractivity contribution is 7.47. The molecule has 19 heteroatoms. The van der Waals surface area contributed by atoms with Crippen LogP contribution in [0, 0.1) is 11.8 Å². The van der Waals surface area contributed by atoms with Crippen LogP contribution in [-0.4, -0.2) is 96.7 Å². The molecular formula is C73H142O17P2. The smallest absolute Gasteiger partial charge is 0.462 e. The Kier molecular flexibility index (Phi) is 63.7. The summed E-state index contributed by atoms with van der Waals surface area (Å²) in [6.45, 7) is 9.48. The molecule has 0 saturated carbocycles. The molecule has 0 aliphatic heterocycles. The van der Waals surface area contributed by atoms with Crippen molar-refractivity contribution in [1.29, 1.82) is 0 Å². The third-order valence-corrected chi connectivity index (χ3v) is 18.9. The predicted molar refractivity (Wildman–Crippen MR) is 372 cm³/mol. The van der Waals surface area contributed by atoms with Crippen molar-refractivity contribution in [2.24, 2.45) is 11.8 Å². The number of hydrogen-bond donors (Lipinski definition) is 3. The SMILES string of the molecule is CCCCCCCCCCCCCCCCCCCCCCC(=O)O[C@H](COC(=O)CCCCCCCCCCC(C)C)COP(=O)(O)OC[C@@H](O)COP(=O)(O)OC[C@@H](COC(=O)CCCCCCCCCCCC)OC(=O)CCCCCCCCCCC(C)C. The standard InChI is InChI=1S/C73H142O17P2/c1-7-9-11-13-15-17-19-20-21-22-23-24-25-26-27-28-30-39-45-51-57-72(77)89-68(62-84-71(76)56-50-44-38-33-31-35-41-47-53-65(3)4)63-87-91(79,80)85-59-67(74)60-86-92(81,82)88-64-69(61-83-70(75)55-49-43-37-29-18-16-14-12-10-8-2)90-73(78)58-52-46-40-34-32-36-42-48-54-66(5)6/h65-69,74H,7-64H2,1-6H3,(H,79,80)(H,81,82)/t67-,68-,69-/m1/s1. The molecule has 92 heavy (non-hydrogen) atoms. The molecular weight excluding hydrogens is 1210 g/mol. The quantitative estimate of drug-likeness (QED) is 0.0222. The van der Waals surface area contributed by atoms with Crippen molar-refractivity contribution in [3.05, 3.63) is 0 Å². The van der Waals surface area contributed by atoms with E-state index in [0.29, 0.717) is 25.7 Å². The molecule has 17 nitrogen and oxygen atoms in total. The third-order valence-electron chi connectivity index (χ3n) is 17.0. The molecule has 3 N–H and O–H groups in total. The molecule has 5 atom stereocenters. The van der Waals surface area contributed by atoms with Gasteiger partial charge in [0.25, 0.3) is 0 Å². The average molecular weight is 1350 g/mol. The number of hydrogen-bond acceptors (Lipinski definition) is 15. The van der Waals surface area contributed by atoms with Crippen LogP contribution in [0.2, 0.25) is 0 Å². The molecule has 0 saturated heterocycles. The number of aliphatic hydroxyl groups excluding tert-OH is 1. The predicted octanol–water partition coefficient (Wildman–Crippen LogP) is 21.2. The molecule has 0 heterocycles. The van der Waals surface area contributed by atoms with Gasteiger partial charge in [-0.15, -0.1) is 0 Å². The summed E-state index contributed by atoms with van der Waals surface area (Å²) in [6.07, 6.45) is 51.5. The number of phosphoric ester groups is 2. The van der Waals surface area contributed by atoms with Gasteiger partial charge in [0.1, 0.15) is 19.3 Å². The Morgan fingerprint density at radius 2 is 0.500 bits per heavy atom. The van der Waals surface area contributed by atoms with E-state index in [2.05, 4.69) is 41.5 Å². The average Bonchev–Trinajstić information content (AvgIpc) is 2.74. The summed E-state index contributed by atoms with van der Waals surface area (Å²) in [5.74, 6) is -0.679. The van der Waals surface area contributed by atoms with Crippen LogP contribution >= 0.6 is 15.6 Å². The zero-order valence-corrected chi connectivity index (χ0v) is 61.6. The first-order chi connectivity index (χ1) is 44.4. The Balaban J connectivity index is 5.19. The Morgan fingerprint density at radius 1 is 0.293 bits per heavy atom. The highest BCUT2D eigenvalue weighted by Gasteiger charge is 2.30.